The van der Waals surface area contributed by atoms with Crippen molar-refractivity contribution in [1.29, 1.82) is 0 Å². The Morgan fingerprint density at radius 3 is 3.18 bits per heavy atom. The van der Waals surface area contributed by atoms with Gasteiger partial charge in [0.25, 0.3) is 0 Å². The molecule has 0 aromatic heterocycles. The maximum Gasteiger partial charge on any atom is 0.328 e. The largest absolute Gasteiger partial charge is 0.467 e. The molecule has 5 nitrogen and oxygen atoms in total. The predicted octanol–water partition coefficient (Wildman–Crippen LogP) is -1.16. The van der Waals surface area contributed by atoms with E-state index in [1.165, 1.54) is 7.11 Å². The van der Waals surface area contributed by atoms with Crippen molar-refractivity contribution >= 4 is 11.9 Å². The first-order valence-electron chi connectivity index (χ1n) is 3.38. The van der Waals surface area contributed by atoms with Crippen LogP contribution in [0.2, 0.25) is 0 Å². The summed E-state index contributed by atoms with van der Waals surface area (Å²) in [5, 5.41) is 2.72. The number of aliphatic imine (C=N–C) groups is 1. The highest BCUT2D eigenvalue weighted by atomic mass is 16.5. The van der Waals surface area contributed by atoms with Crippen LogP contribution < -0.4 is 11.1 Å². The third-order valence-corrected chi connectivity index (χ3v) is 1.51. The van der Waals surface area contributed by atoms with Crippen LogP contribution in [0.25, 0.3) is 0 Å². The standard InChI is InChI=1S/C6H11N3O2/c1-11-5(10)4-2-3-8-6(7)9-4/h4H,2-3H2,1H3,(H3,7,8,9). The van der Waals surface area contributed by atoms with Gasteiger partial charge in [-0.1, -0.05) is 0 Å². The van der Waals surface area contributed by atoms with Gasteiger partial charge in [0.2, 0.25) is 0 Å². The number of esters is 1. The van der Waals surface area contributed by atoms with Gasteiger partial charge in [-0.25, -0.2) is 4.79 Å². The summed E-state index contributed by atoms with van der Waals surface area (Å²) < 4.78 is 4.53. The van der Waals surface area contributed by atoms with E-state index in [2.05, 4.69) is 15.0 Å². The van der Waals surface area contributed by atoms with Gasteiger partial charge in [-0.05, 0) is 6.42 Å². The van der Waals surface area contributed by atoms with Gasteiger partial charge in [0.05, 0.1) is 7.11 Å². The van der Waals surface area contributed by atoms with Crippen molar-refractivity contribution in [3.63, 3.8) is 0 Å². The normalized spacial score (nSPS) is 23.4. The zero-order valence-corrected chi connectivity index (χ0v) is 6.33. The average molecular weight is 157 g/mol. The van der Waals surface area contributed by atoms with E-state index in [1.807, 2.05) is 0 Å². The highest BCUT2D eigenvalue weighted by molar-refractivity contribution is 5.86. The molecule has 0 saturated carbocycles. The van der Waals surface area contributed by atoms with Gasteiger partial charge >= 0.3 is 5.97 Å². The Bertz CT molecular complexity index is 190. The van der Waals surface area contributed by atoms with Crippen LogP contribution >= 0.6 is 0 Å². The molecule has 62 valence electrons. The number of hydrogen-bond donors (Lipinski definition) is 2. The predicted molar refractivity (Wildman–Crippen MR) is 40.0 cm³/mol. The summed E-state index contributed by atoms with van der Waals surface area (Å²) in [5.74, 6) is 0.0227. The number of nitrogens with zero attached hydrogens (tertiary/aromatic N) is 1. The molecule has 3 N–H and O–H groups in total. The van der Waals surface area contributed by atoms with Crippen molar-refractivity contribution < 1.29 is 9.53 Å². The zero-order chi connectivity index (χ0) is 8.27. The number of nitrogens with two attached hydrogens (primary N) is 1. The molecule has 0 fully saturated rings. The van der Waals surface area contributed by atoms with E-state index in [1.54, 1.807) is 0 Å². The third-order valence-electron chi connectivity index (χ3n) is 1.51. The first-order valence-corrected chi connectivity index (χ1v) is 3.38. The van der Waals surface area contributed by atoms with Gasteiger partial charge in [0.15, 0.2) is 5.96 Å². The highest BCUT2D eigenvalue weighted by Crippen LogP contribution is 1.99. The Morgan fingerprint density at radius 1 is 1.91 bits per heavy atom. The lowest BCUT2D eigenvalue weighted by Gasteiger charge is -2.19. The number of hydrogen-bond acceptors (Lipinski definition) is 5. The Hall–Kier alpha value is -1.26. The topological polar surface area (TPSA) is 76.7 Å². The highest BCUT2D eigenvalue weighted by Gasteiger charge is 2.21. The van der Waals surface area contributed by atoms with E-state index in [4.69, 9.17) is 5.73 Å². The first kappa shape index (κ1) is 7.84. The molecule has 0 aliphatic carbocycles. The second-order valence-electron chi connectivity index (χ2n) is 2.28. The number of ether oxygens (including phenoxy) is 1. The van der Waals surface area contributed by atoms with Crippen LogP contribution in [0.1, 0.15) is 6.42 Å². The van der Waals surface area contributed by atoms with E-state index in [9.17, 15) is 4.79 Å². The van der Waals surface area contributed by atoms with Crippen LogP contribution in [0.5, 0.6) is 0 Å². The van der Waals surface area contributed by atoms with Crippen LogP contribution in [0.4, 0.5) is 0 Å². The lowest BCUT2D eigenvalue weighted by molar-refractivity contribution is -0.142. The smallest absolute Gasteiger partial charge is 0.328 e. The first-order chi connectivity index (χ1) is 5.24. The Labute approximate surface area is 64.6 Å². The number of guanidine groups is 1. The number of methoxy groups -OCH3 is 1. The van der Waals surface area contributed by atoms with Gasteiger partial charge in [0.1, 0.15) is 6.04 Å². The average Bonchev–Trinajstić information content (AvgIpc) is 2.03. The summed E-state index contributed by atoms with van der Waals surface area (Å²) >= 11 is 0. The fraction of sp³-hybridized carbons (Fsp3) is 0.667. The van der Waals surface area contributed by atoms with Crippen molar-refractivity contribution in [1.82, 2.24) is 5.32 Å². The SMILES string of the molecule is COC(=O)C1CCN=C(N)N1. The fourth-order valence-corrected chi connectivity index (χ4v) is 0.929. The minimum Gasteiger partial charge on any atom is -0.467 e. The molecule has 1 atom stereocenters. The van der Waals surface area contributed by atoms with E-state index in [-0.39, 0.29) is 12.0 Å². The van der Waals surface area contributed by atoms with Crippen LogP contribution in [-0.4, -0.2) is 31.6 Å². The minimum atomic E-state index is -0.322. The molecule has 1 aliphatic rings. The summed E-state index contributed by atoms with van der Waals surface area (Å²) in [6.45, 7) is 0.582. The van der Waals surface area contributed by atoms with Crippen molar-refractivity contribution in [2.45, 2.75) is 12.5 Å². The minimum absolute atomic E-state index is 0.289. The summed E-state index contributed by atoms with van der Waals surface area (Å²) in [6, 6.07) is -0.322. The van der Waals surface area contributed by atoms with E-state index in [0.29, 0.717) is 18.9 Å². The second kappa shape index (κ2) is 3.23. The van der Waals surface area contributed by atoms with Crippen molar-refractivity contribution in [2.75, 3.05) is 13.7 Å². The van der Waals surface area contributed by atoms with Gasteiger partial charge in [-0.15, -0.1) is 0 Å². The van der Waals surface area contributed by atoms with Gasteiger partial charge in [-0.3, -0.25) is 4.99 Å². The van der Waals surface area contributed by atoms with Crippen LogP contribution in [0, 0.1) is 0 Å². The maximum atomic E-state index is 10.9. The Morgan fingerprint density at radius 2 is 2.64 bits per heavy atom. The molecule has 1 rings (SSSR count). The molecule has 0 bridgehead atoms. The summed E-state index contributed by atoms with van der Waals surface area (Å²) in [4.78, 5) is 14.8. The molecule has 1 heterocycles. The quantitative estimate of drug-likeness (QED) is 0.470. The fourth-order valence-electron chi connectivity index (χ4n) is 0.929. The molecular weight excluding hydrogens is 146 g/mol. The molecule has 0 aromatic rings. The Balaban J connectivity index is 2.50. The number of carbonyl (C=O) groups excluding carboxylic acids is 1. The van der Waals surface area contributed by atoms with Gasteiger partial charge < -0.3 is 15.8 Å². The van der Waals surface area contributed by atoms with Crippen LogP contribution in [0.15, 0.2) is 4.99 Å². The zero-order valence-electron chi connectivity index (χ0n) is 6.33. The molecule has 11 heavy (non-hydrogen) atoms. The van der Waals surface area contributed by atoms with E-state index >= 15 is 0 Å². The third kappa shape index (κ3) is 1.83. The lowest BCUT2D eigenvalue weighted by Crippen LogP contribution is -2.48. The lowest BCUT2D eigenvalue weighted by atomic mass is 10.2. The van der Waals surface area contributed by atoms with Gasteiger partial charge in [0, 0.05) is 6.54 Å². The molecule has 0 radical (unpaired) electrons. The molecule has 1 unspecified atom stereocenters. The van der Waals surface area contributed by atoms with Crippen molar-refractivity contribution in [3.8, 4) is 0 Å². The van der Waals surface area contributed by atoms with Crippen molar-refractivity contribution in [2.24, 2.45) is 10.7 Å². The second-order valence-corrected chi connectivity index (χ2v) is 2.28. The molecule has 0 aromatic carbocycles. The number of nitrogens with one attached hydrogen (secondary N) is 1. The molecule has 5 heteroatoms. The monoisotopic (exact) mass is 157 g/mol. The molecule has 0 amide bonds. The summed E-state index contributed by atoms with van der Waals surface area (Å²) in [7, 11) is 1.35. The number of rotatable bonds is 1. The molecule has 1 aliphatic heterocycles. The van der Waals surface area contributed by atoms with E-state index in [0.717, 1.165) is 0 Å². The number of carbonyl (C=O) groups is 1. The molecule has 0 spiro atoms. The summed E-state index contributed by atoms with van der Waals surface area (Å²) in [6.07, 6.45) is 0.646. The van der Waals surface area contributed by atoms with Crippen molar-refractivity contribution in [3.05, 3.63) is 0 Å². The van der Waals surface area contributed by atoms with Crippen LogP contribution in [-0.2, 0) is 9.53 Å². The van der Waals surface area contributed by atoms with E-state index < -0.39 is 0 Å². The Kier molecular flexibility index (Phi) is 2.30. The van der Waals surface area contributed by atoms with Crippen LogP contribution in [0.3, 0.4) is 0 Å². The van der Waals surface area contributed by atoms with Gasteiger partial charge in [-0.2, -0.15) is 0 Å². The molecular formula is C6H11N3O2. The summed E-state index contributed by atoms with van der Waals surface area (Å²) in [5.41, 5.74) is 5.35. The molecule has 0 saturated heterocycles. The maximum absolute atomic E-state index is 10.9.